The van der Waals surface area contributed by atoms with Crippen LogP contribution in [0.5, 0.6) is 0 Å². The van der Waals surface area contributed by atoms with Gasteiger partial charge in [-0.15, -0.1) is 0 Å². The van der Waals surface area contributed by atoms with E-state index in [1.165, 1.54) is 0 Å². The van der Waals surface area contributed by atoms with Crippen LogP contribution in [0.4, 0.5) is 0 Å². The number of hydrogen-bond acceptors (Lipinski definition) is 4. The molecule has 0 fully saturated rings. The summed E-state index contributed by atoms with van der Waals surface area (Å²) in [5.74, 6) is -0.152. The first-order valence-corrected chi connectivity index (χ1v) is 8.97. The van der Waals surface area contributed by atoms with Crippen molar-refractivity contribution >= 4 is 15.9 Å². The molecule has 0 atom stereocenters. The third kappa shape index (κ3) is 7.02. The number of hydrogen-bond donors (Lipinski definition) is 3. The van der Waals surface area contributed by atoms with Crippen LogP contribution in [-0.2, 0) is 27.1 Å². The summed E-state index contributed by atoms with van der Waals surface area (Å²) < 4.78 is 26.6. The predicted octanol–water partition coefficient (Wildman–Crippen LogP) is 0.740. The Hall–Kier alpha value is -1.44. The second-order valence-electron chi connectivity index (χ2n) is 5.43. The maximum atomic E-state index is 12.0. The van der Waals surface area contributed by atoms with Crippen molar-refractivity contribution in [2.45, 2.75) is 38.6 Å². The van der Waals surface area contributed by atoms with Crippen molar-refractivity contribution in [3.63, 3.8) is 0 Å². The van der Waals surface area contributed by atoms with Crippen LogP contribution >= 0.6 is 0 Å². The second-order valence-corrected chi connectivity index (χ2v) is 7.18. The molecule has 0 aliphatic carbocycles. The molecule has 0 aromatic heterocycles. The average Bonchev–Trinajstić information content (AvgIpc) is 2.42. The lowest BCUT2D eigenvalue weighted by Gasteiger charge is -2.13. The molecule has 0 bridgehead atoms. The molecule has 0 aliphatic rings. The van der Waals surface area contributed by atoms with Crippen LogP contribution in [0.15, 0.2) is 24.3 Å². The Labute approximate surface area is 132 Å². The van der Waals surface area contributed by atoms with Gasteiger partial charge in [0.1, 0.15) is 0 Å². The van der Waals surface area contributed by atoms with Gasteiger partial charge < -0.3 is 10.6 Å². The summed E-state index contributed by atoms with van der Waals surface area (Å²) in [4.78, 5) is 11.6. The average molecular weight is 327 g/mol. The molecule has 6 nitrogen and oxygen atoms in total. The molecule has 0 heterocycles. The molecule has 1 aromatic rings. The standard InChI is InChI=1S/C15H25N3O3S/c1-12(2)18-22(20,21)11-14-7-5-4-6-13(14)10-17-15(19)8-9-16-3/h4-7,12,16,18H,8-11H2,1-3H3,(H,17,19). The molecule has 1 rings (SSSR count). The lowest BCUT2D eigenvalue weighted by atomic mass is 10.1. The zero-order valence-corrected chi connectivity index (χ0v) is 14.2. The van der Waals surface area contributed by atoms with E-state index >= 15 is 0 Å². The van der Waals surface area contributed by atoms with Crippen molar-refractivity contribution in [3.05, 3.63) is 35.4 Å². The Morgan fingerprint density at radius 2 is 1.82 bits per heavy atom. The van der Waals surface area contributed by atoms with Gasteiger partial charge in [-0.3, -0.25) is 4.79 Å². The van der Waals surface area contributed by atoms with E-state index in [-0.39, 0.29) is 17.7 Å². The first kappa shape index (κ1) is 18.6. The van der Waals surface area contributed by atoms with Gasteiger partial charge in [0.2, 0.25) is 15.9 Å². The van der Waals surface area contributed by atoms with Gasteiger partial charge in [-0.25, -0.2) is 13.1 Å². The van der Waals surface area contributed by atoms with E-state index < -0.39 is 10.0 Å². The molecule has 7 heteroatoms. The van der Waals surface area contributed by atoms with Gasteiger partial charge >= 0.3 is 0 Å². The SMILES string of the molecule is CNCCC(=O)NCc1ccccc1CS(=O)(=O)NC(C)C. The highest BCUT2D eigenvalue weighted by molar-refractivity contribution is 7.88. The maximum absolute atomic E-state index is 12.0. The molecule has 124 valence electrons. The topological polar surface area (TPSA) is 87.3 Å². The van der Waals surface area contributed by atoms with Crippen LogP contribution in [0, 0.1) is 0 Å². The predicted molar refractivity (Wildman–Crippen MR) is 87.7 cm³/mol. The second kappa shape index (κ2) is 8.87. The molecule has 0 radical (unpaired) electrons. The van der Waals surface area contributed by atoms with Crippen LogP contribution in [0.25, 0.3) is 0 Å². The van der Waals surface area contributed by atoms with E-state index in [1.807, 2.05) is 12.1 Å². The van der Waals surface area contributed by atoms with Gasteiger partial charge in [-0.1, -0.05) is 24.3 Å². The Kier molecular flexibility index (Phi) is 7.50. The minimum absolute atomic E-state index is 0.0627. The molecule has 0 aliphatic heterocycles. The fourth-order valence-corrected chi connectivity index (χ4v) is 3.49. The van der Waals surface area contributed by atoms with Crippen LogP contribution < -0.4 is 15.4 Å². The van der Waals surface area contributed by atoms with Gasteiger partial charge in [-0.2, -0.15) is 0 Å². The van der Waals surface area contributed by atoms with Crippen molar-refractivity contribution in [2.75, 3.05) is 13.6 Å². The summed E-state index contributed by atoms with van der Waals surface area (Å²) in [7, 11) is -1.59. The van der Waals surface area contributed by atoms with Crippen molar-refractivity contribution in [2.24, 2.45) is 0 Å². The minimum atomic E-state index is -3.38. The van der Waals surface area contributed by atoms with E-state index in [4.69, 9.17) is 0 Å². The molecular formula is C15H25N3O3S. The number of amides is 1. The normalized spacial score (nSPS) is 11.6. The number of nitrogens with one attached hydrogen (secondary N) is 3. The number of rotatable bonds is 9. The summed E-state index contributed by atoms with van der Waals surface area (Å²) in [6, 6.07) is 7.10. The van der Waals surface area contributed by atoms with E-state index in [0.717, 1.165) is 5.56 Å². The Morgan fingerprint density at radius 1 is 1.18 bits per heavy atom. The summed E-state index contributed by atoms with van der Waals surface area (Å²) in [5.41, 5.74) is 1.51. The van der Waals surface area contributed by atoms with Crippen molar-refractivity contribution in [3.8, 4) is 0 Å². The molecule has 0 saturated heterocycles. The molecule has 0 unspecified atom stereocenters. The van der Waals surface area contributed by atoms with Crippen molar-refractivity contribution < 1.29 is 13.2 Å². The molecule has 3 N–H and O–H groups in total. The fourth-order valence-electron chi connectivity index (χ4n) is 2.00. The Balaban J connectivity index is 2.72. The minimum Gasteiger partial charge on any atom is -0.352 e. The third-order valence-electron chi connectivity index (χ3n) is 2.96. The van der Waals surface area contributed by atoms with Crippen molar-refractivity contribution in [1.82, 2.24) is 15.4 Å². The lowest BCUT2D eigenvalue weighted by molar-refractivity contribution is -0.121. The number of benzene rings is 1. The first-order chi connectivity index (χ1) is 10.3. The van der Waals surface area contributed by atoms with Crippen molar-refractivity contribution in [1.29, 1.82) is 0 Å². The van der Waals surface area contributed by atoms with E-state index in [1.54, 1.807) is 33.0 Å². The molecule has 22 heavy (non-hydrogen) atoms. The van der Waals surface area contributed by atoms with Gasteiger partial charge in [0.25, 0.3) is 0 Å². The molecule has 0 saturated carbocycles. The Bertz CT molecular complexity index is 585. The lowest BCUT2D eigenvalue weighted by Crippen LogP contribution is -2.32. The van der Waals surface area contributed by atoms with E-state index in [0.29, 0.717) is 25.1 Å². The molecule has 1 aromatic carbocycles. The maximum Gasteiger partial charge on any atom is 0.221 e. The van der Waals surface area contributed by atoms with Gasteiger partial charge in [0, 0.05) is 25.6 Å². The van der Waals surface area contributed by atoms with E-state index in [9.17, 15) is 13.2 Å². The monoisotopic (exact) mass is 327 g/mol. The summed E-state index contributed by atoms with van der Waals surface area (Å²) >= 11 is 0. The highest BCUT2D eigenvalue weighted by Gasteiger charge is 2.15. The number of carbonyl (C=O) groups is 1. The molecular weight excluding hydrogens is 302 g/mol. The third-order valence-corrected chi connectivity index (χ3v) is 4.48. The summed E-state index contributed by atoms with van der Waals surface area (Å²) in [6.45, 7) is 4.51. The van der Waals surface area contributed by atoms with Crippen LogP contribution in [-0.4, -0.2) is 34.0 Å². The van der Waals surface area contributed by atoms with Crippen LogP contribution in [0.1, 0.15) is 31.4 Å². The van der Waals surface area contributed by atoms with E-state index in [2.05, 4.69) is 15.4 Å². The summed E-state index contributed by atoms with van der Waals surface area (Å²) in [5, 5.41) is 5.72. The van der Waals surface area contributed by atoms with Crippen LogP contribution in [0.3, 0.4) is 0 Å². The first-order valence-electron chi connectivity index (χ1n) is 7.32. The molecule has 1 amide bonds. The zero-order valence-electron chi connectivity index (χ0n) is 13.3. The molecule has 0 spiro atoms. The fraction of sp³-hybridized carbons (Fsp3) is 0.533. The number of carbonyl (C=O) groups excluding carboxylic acids is 1. The zero-order chi connectivity index (χ0) is 16.6. The highest BCUT2D eigenvalue weighted by Crippen LogP contribution is 2.12. The Morgan fingerprint density at radius 3 is 2.41 bits per heavy atom. The van der Waals surface area contributed by atoms with Gasteiger partial charge in [0.15, 0.2) is 0 Å². The quantitative estimate of drug-likeness (QED) is 0.624. The van der Waals surface area contributed by atoms with Crippen LogP contribution in [0.2, 0.25) is 0 Å². The summed E-state index contributed by atoms with van der Waals surface area (Å²) in [6.07, 6.45) is 0.395. The van der Waals surface area contributed by atoms with Gasteiger partial charge in [-0.05, 0) is 32.0 Å². The largest absolute Gasteiger partial charge is 0.352 e. The van der Waals surface area contributed by atoms with Gasteiger partial charge in [0.05, 0.1) is 5.75 Å². The highest BCUT2D eigenvalue weighted by atomic mass is 32.2. The smallest absolute Gasteiger partial charge is 0.221 e. The number of sulfonamides is 1.